The van der Waals surface area contributed by atoms with E-state index >= 15 is 0 Å². The molecule has 0 bridgehead atoms. The number of aromatic nitrogens is 1. The Labute approximate surface area is 329 Å². The van der Waals surface area contributed by atoms with Gasteiger partial charge in [-0.3, -0.25) is 0 Å². The maximum absolute atomic E-state index is 2.60. The molecule has 0 aliphatic heterocycles. The highest BCUT2D eigenvalue weighted by molar-refractivity contribution is 7.19. The third-order valence-electron chi connectivity index (χ3n) is 11.4. The van der Waals surface area contributed by atoms with Crippen LogP contribution in [-0.4, -0.2) is 12.6 Å². The molecule has 56 heavy (non-hydrogen) atoms. The maximum Gasteiger partial charge on any atom is 0.179 e. The van der Waals surface area contributed by atoms with Crippen molar-refractivity contribution in [1.29, 1.82) is 0 Å². The van der Waals surface area contributed by atoms with E-state index in [4.69, 9.17) is 0 Å². The van der Waals surface area contributed by atoms with Gasteiger partial charge in [-0.05, 0) is 90.5 Å². The Morgan fingerprint density at radius 2 is 0.589 bits per heavy atom. The predicted molar refractivity (Wildman–Crippen MR) is 241 cm³/mol. The highest BCUT2D eigenvalue weighted by Gasteiger charge is 2.41. The van der Waals surface area contributed by atoms with Crippen molar-refractivity contribution in [2.45, 2.75) is 0 Å². The summed E-state index contributed by atoms with van der Waals surface area (Å²) in [5.41, 5.74) is 10.8. The van der Waals surface area contributed by atoms with Gasteiger partial charge in [-0.1, -0.05) is 200 Å². The van der Waals surface area contributed by atoms with Gasteiger partial charge in [0.05, 0.1) is 11.0 Å². The van der Waals surface area contributed by atoms with E-state index in [2.05, 4.69) is 241 Å². The van der Waals surface area contributed by atoms with Crippen LogP contribution in [0.2, 0.25) is 0 Å². The highest BCUT2D eigenvalue weighted by atomic mass is 28.3. The molecule has 1 aromatic heterocycles. The molecular formula is C54H39NSi. The van der Waals surface area contributed by atoms with Gasteiger partial charge in [-0.25, -0.2) is 0 Å². The molecule has 0 aliphatic carbocycles. The van der Waals surface area contributed by atoms with Gasteiger partial charge in [0.15, 0.2) is 8.07 Å². The second kappa shape index (κ2) is 14.3. The van der Waals surface area contributed by atoms with Crippen LogP contribution in [0.3, 0.4) is 0 Å². The van der Waals surface area contributed by atoms with E-state index in [1.807, 2.05) is 0 Å². The van der Waals surface area contributed by atoms with Gasteiger partial charge in [-0.15, -0.1) is 0 Å². The first-order valence-electron chi connectivity index (χ1n) is 19.3. The normalized spacial score (nSPS) is 11.6. The second-order valence-electron chi connectivity index (χ2n) is 14.5. The summed E-state index contributed by atoms with van der Waals surface area (Å²) in [5.74, 6) is 0. The molecule has 264 valence electrons. The quantitative estimate of drug-likeness (QED) is 0.108. The SMILES string of the molecule is c1ccc(-c2ccc3c(c2)c2cc(-c4ccccc4)ccc2n3-c2cccc(-c3ccc([Si](c4ccccc4)(c4ccccc4)c4ccccc4)cc3)c2)cc1. The lowest BCUT2D eigenvalue weighted by Gasteiger charge is -2.34. The molecule has 1 nitrogen and oxygen atoms in total. The van der Waals surface area contributed by atoms with Gasteiger partial charge in [0.2, 0.25) is 0 Å². The first kappa shape index (κ1) is 33.6. The topological polar surface area (TPSA) is 4.93 Å². The maximum atomic E-state index is 2.43. The number of rotatable bonds is 8. The van der Waals surface area contributed by atoms with Gasteiger partial charge in [0.1, 0.15) is 0 Å². The predicted octanol–water partition coefficient (Wildman–Crippen LogP) is 11.2. The van der Waals surface area contributed by atoms with Crippen molar-refractivity contribution in [3.05, 3.63) is 237 Å². The Kier molecular flexibility index (Phi) is 8.59. The van der Waals surface area contributed by atoms with E-state index in [9.17, 15) is 0 Å². The van der Waals surface area contributed by atoms with Gasteiger partial charge in [0, 0.05) is 16.5 Å². The summed E-state index contributed by atoms with van der Waals surface area (Å²) in [6, 6.07) is 87.0. The summed E-state index contributed by atoms with van der Waals surface area (Å²) in [6.45, 7) is 0. The Balaban J connectivity index is 1.11. The zero-order valence-electron chi connectivity index (χ0n) is 31.0. The van der Waals surface area contributed by atoms with Crippen molar-refractivity contribution < 1.29 is 0 Å². The van der Waals surface area contributed by atoms with Crippen LogP contribution in [-0.2, 0) is 0 Å². The highest BCUT2D eigenvalue weighted by Crippen LogP contribution is 2.38. The average Bonchev–Trinajstić information content (AvgIpc) is 3.62. The smallest absolute Gasteiger partial charge is 0.179 e. The molecular weight excluding hydrogens is 691 g/mol. The Morgan fingerprint density at radius 1 is 0.250 bits per heavy atom. The van der Waals surface area contributed by atoms with Crippen molar-refractivity contribution in [1.82, 2.24) is 4.57 Å². The van der Waals surface area contributed by atoms with Crippen LogP contribution in [0.15, 0.2) is 237 Å². The van der Waals surface area contributed by atoms with Gasteiger partial charge < -0.3 is 4.57 Å². The van der Waals surface area contributed by atoms with Crippen molar-refractivity contribution in [3.63, 3.8) is 0 Å². The number of hydrogen-bond donors (Lipinski definition) is 0. The number of nitrogens with zero attached hydrogens (tertiary/aromatic N) is 1. The fourth-order valence-corrected chi connectivity index (χ4v) is 13.5. The van der Waals surface area contributed by atoms with Crippen LogP contribution in [0, 0.1) is 0 Å². The van der Waals surface area contributed by atoms with Gasteiger partial charge in [-0.2, -0.15) is 0 Å². The molecule has 0 fully saturated rings. The number of fused-ring (bicyclic) bond motifs is 3. The minimum absolute atomic E-state index is 1.15. The lowest BCUT2D eigenvalue weighted by atomic mass is 10.0. The summed E-state index contributed by atoms with van der Waals surface area (Å²) >= 11 is 0. The van der Waals surface area contributed by atoms with E-state index < -0.39 is 8.07 Å². The molecule has 9 aromatic carbocycles. The average molecular weight is 730 g/mol. The molecule has 0 aliphatic rings. The first-order valence-corrected chi connectivity index (χ1v) is 21.3. The summed E-state index contributed by atoms with van der Waals surface area (Å²) in [7, 11) is -2.60. The van der Waals surface area contributed by atoms with E-state index in [0.29, 0.717) is 0 Å². The van der Waals surface area contributed by atoms with Crippen molar-refractivity contribution in [2.75, 3.05) is 0 Å². The molecule has 0 N–H and O–H groups in total. The van der Waals surface area contributed by atoms with Crippen LogP contribution in [0.25, 0.3) is 60.9 Å². The van der Waals surface area contributed by atoms with Crippen LogP contribution in [0.1, 0.15) is 0 Å². The minimum Gasteiger partial charge on any atom is -0.309 e. The summed E-state index contributed by atoms with van der Waals surface area (Å²) in [4.78, 5) is 0. The molecule has 0 amide bonds. The molecule has 10 aromatic rings. The van der Waals surface area contributed by atoms with E-state index in [0.717, 1.165) is 5.69 Å². The largest absolute Gasteiger partial charge is 0.309 e. The summed E-state index contributed by atoms with van der Waals surface area (Å²) < 4.78 is 2.43. The fourth-order valence-electron chi connectivity index (χ4n) is 8.72. The Hall–Kier alpha value is -7.00. The molecule has 10 rings (SSSR count). The third kappa shape index (κ3) is 5.79. The molecule has 0 spiro atoms. The van der Waals surface area contributed by atoms with Crippen LogP contribution >= 0.6 is 0 Å². The standard InChI is InChI=1S/C54H39NSi/c1-6-17-40(18-7-1)44-31-35-53-51(38-44)52-39-45(41-19-8-2-9-20-41)32-36-54(52)55(53)46-22-16-21-43(37-46)42-29-33-50(34-30-42)56(47-23-10-3-11-24-47,48-25-12-4-13-26-48)49-27-14-5-15-28-49/h1-39H. The lowest BCUT2D eigenvalue weighted by molar-refractivity contribution is 1.18. The lowest BCUT2D eigenvalue weighted by Crippen LogP contribution is -2.74. The van der Waals surface area contributed by atoms with Crippen LogP contribution < -0.4 is 20.7 Å². The number of benzene rings is 9. The third-order valence-corrected chi connectivity index (χ3v) is 16.2. The molecule has 0 unspecified atom stereocenters. The monoisotopic (exact) mass is 729 g/mol. The second-order valence-corrected chi connectivity index (χ2v) is 18.3. The minimum atomic E-state index is -2.60. The van der Waals surface area contributed by atoms with Crippen LogP contribution in [0.4, 0.5) is 0 Å². The zero-order chi connectivity index (χ0) is 37.3. The van der Waals surface area contributed by atoms with Crippen molar-refractivity contribution >= 4 is 50.6 Å². The molecule has 2 heteroatoms. The van der Waals surface area contributed by atoms with Crippen molar-refractivity contribution in [3.8, 4) is 39.1 Å². The van der Waals surface area contributed by atoms with Gasteiger partial charge in [0.25, 0.3) is 0 Å². The van der Waals surface area contributed by atoms with Gasteiger partial charge >= 0.3 is 0 Å². The van der Waals surface area contributed by atoms with E-state index in [1.54, 1.807) is 0 Å². The summed E-state index contributed by atoms with van der Waals surface area (Å²) in [6.07, 6.45) is 0. The molecule has 0 saturated carbocycles. The number of hydrogen-bond acceptors (Lipinski definition) is 0. The molecule has 0 atom stereocenters. The Bertz CT molecular complexity index is 2720. The zero-order valence-corrected chi connectivity index (χ0v) is 32.0. The fraction of sp³-hybridized carbons (Fsp3) is 0. The molecule has 0 radical (unpaired) electrons. The van der Waals surface area contributed by atoms with Crippen LogP contribution in [0.5, 0.6) is 0 Å². The summed E-state index contributed by atoms with van der Waals surface area (Å²) in [5, 5.41) is 8.00. The van der Waals surface area contributed by atoms with Crippen molar-refractivity contribution in [2.24, 2.45) is 0 Å². The molecule has 1 heterocycles. The Morgan fingerprint density at radius 3 is 1.04 bits per heavy atom. The molecule has 0 saturated heterocycles. The first-order chi connectivity index (χ1) is 27.8. The van der Waals surface area contributed by atoms with E-state index in [-0.39, 0.29) is 0 Å². The van der Waals surface area contributed by atoms with E-state index in [1.165, 1.54) is 75.9 Å².